The van der Waals surface area contributed by atoms with Crippen molar-refractivity contribution in [2.24, 2.45) is 0 Å². The summed E-state index contributed by atoms with van der Waals surface area (Å²) < 4.78 is 8.03. The van der Waals surface area contributed by atoms with E-state index in [0.29, 0.717) is 6.04 Å². The van der Waals surface area contributed by atoms with Crippen LogP contribution in [0.5, 0.6) is 0 Å². The molecular weight excluding hydrogens is 264 g/mol. The fourth-order valence-electron chi connectivity index (χ4n) is 3.66. The van der Waals surface area contributed by atoms with E-state index < -0.39 is 0 Å². The molecule has 0 radical (unpaired) electrons. The van der Waals surface area contributed by atoms with Crippen LogP contribution in [0.4, 0.5) is 0 Å². The third-order valence-electron chi connectivity index (χ3n) is 4.73. The van der Waals surface area contributed by atoms with Gasteiger partial charge in [-0.25, -0.2) is 9.97 Å². The van der Waals surface area contributed by atoms with E-state index in [1.54, 1.807) is 6.20 Å². The number of aromatic nitrogens is 3. The van der Waals surface area contributed by atoms with Crippen LogP contribution >= 0.6 is 0 Å². The third kappa shape index (κ3) is 2.50. The van der Waals surface area contributed by atoms with Gasteiger partial charge in [0.15, 0.2) is 0 Å². The zero-order valence-electron chi connectivity index (χ0n) is 12.6. The summed E-state index contributed by atoms with van der Waals surface area (Å²) >= 11 is 0. The average molecular weight is 286 g/mol. The summed E-state index contributed by atoms with van der Waals surface area (Å²) in [6.45, 7) is 4.95. The lowest BCUT2D eigenvalue weighted by atomic mass is 10.0. The largest absolute Gasteiger partial charge is 0.445 e. The first-order chi connectivity index (χ1) is 10.3. The minimum Gasteiger partial charge on any atom is -0.445 e. The lowest BCUT2D eigenvalue weighted by Crippen LogP contribution is -2.22. The zero-order valence-corrected chi connectivity index (χ0v) is 12.6. The Hall–Kier alpha value is -1.62. The Morgan fingerprint density at radius 2 is 2.19 bits per heavy atom. The SMILES string of the molecule is Cc1cnc(CN2CC[C@H](n3cnc4c3CCCC4)C2)o1. The highest BCUT2D eigenvalue weighted by molar-refractivity contribution is 5.17. The molecule has 2 aromatic heterocycles. The van der Waals surface area contributed by atoms with Crippen LogP contribution in [0.15, 0.2) is 16.9 Å². The summed E-state index contributed by atoms with van der Waals surface area (Å²) in [5.41, 5.74) is 2.82. The van der Waals surface area contributed by atoms with E-state index in [0.717, 1.165) is 37.7 Å². The van der Waals surface area contributed by atoms with Crippen molar-refractivity contribution >= 4 is 0 Å². The van der Waals surface area contributed by atoms with Gasteiger partial charge < -0.3 is 8.98 Å². The lowest BCUT2D eigenvalue weighted by molar-refractivity contribution is 0.277. The number of hydrogen-bond acceptors (Lipinski definition) is 4. The Bertz CT molecular complexity index is 630. The maximum atomic E-state index is 5.59. The minimum atomic E-state index is 0.565. The second-order valence-corrected chi connectivity index (χ2v) is 6.29. The fourth-order valence-corrected chi connectivity index (χ4v) is 3.66. The first kappa shape index (κ1) is 13.1. The van der Waals surface area contributed by atoms with E-state index in [2.05, 4.69) is 25.8 Å². The number of aryl methyl sites for hydroxylation is 2. The molecule has 0 amide bonds. The standard InChI is InChI=1S/C16H22N4O/c1-12-8-17-16(21-12)10-19-7-6-13(9-19)20-11-18-14-4-2-3-5-15(14)20/h8,11,13H,2-7,9-10H2,1H3/t13-/m0/s1. The highest BCUT2D eigenvalue weighted by Crippen LogP contribution is 2.28. The van der Waals surface area contributed by atoms with Crippen LogP contribution in [0.3, 0.4) is 0 Å². The molecule has 1 atom stereocenters. The van der Waals surface area contributed by atoms with E-state index in [1.807, 2.05) is 6.92 Å². The van der Waals surface area contributed by atoms with Crippen molar-refractivity contribution < 1.29 is 4.42 Å². The normalized spacial score (nSPS) is 22.6. The molecule has 0 saturated carbocycles. The Morgan fingerprint density at radius 1 is 1.29 bits per heavy atom. The first-order valence-electron chi connectivity index (χ1n) is 7.98. The Morgan fingerprint density at radius 3 is 3.05 bits per heavy atom. The fraction of sp³-hybridized carbons (Fsp3) is 0.625. The molecule has 2 aliphatic rings. The topological polar surface area (TPSA) is 47.1 Å². The van der Waals surface area contributed by atoms with Crippen LogP contribution in [0, 0.1) is 6.92 Å². The van der Waals surface area contributed by atoms with Crippen molar-refractivity contribution in [1.29, 1.82) is 0 Å². The number of imidazole rings is 1. The Labute approximate surface area is 125 Å². The highest BCUT2D eigenvalue weighted by Gasteiger charge is 2.27. The number of nitrogens with zero attached hydrogens (tertiary/aromatic N) is 4. The molecule has 1 saturated heterocycles. The van der Waals surface area contributed by atoms with Crippen molar-refractivity contribution in [1.82, 2.24) is 19.4 Å². The van der Waals surface area contributed by atoms with Crippen molar-refractivity contribution in [3.63, 3.8) is 0 Å². The summed E-state index contributed by atoms with van der Waals surface area (Å²) in [5.74, 6) is 1.73. The van der Waals surface area contributed by atoms with Crippen LogP contribution in [-0.4, -0.2) is 32.5 Å². The molecule has 1 aliphatic carbocycles. The molecule has 112 valence electrons. The number of oxazole rings is 1. The summed E-state index contributed by atoms with van der Waals surface area (Å²) in [7, 11) is 0. The van der Waals surface area contributed by atoms with Gasteiger partial charge in [0.2, 0.25) is 5.89 Å². The predicted octanol–water partition coefficient (Wildman–Crippen LogP) is 2.51. The molecule has 21 heavy (non-hydrogen) atoms. The molecule has 2 aromatic rings. The molecular formula is C16H22N4O. The molecule has 1 aliphatic heterocycles. The average Bonchev–Trinajstić information content (AvgIpc) is 3.19. The summed E-state index contributed by atoms with van der Waals surface area (Å²) in [6, 6.07) is 0.565. The van der Waals surface area contributed by atoms with Crippen molar-refractivity contribution in [3.8, 4) is 0 Å². The second kappa shape index (κ2) is 5.30. The van der Waals surface area contributed by atoms with Gasteiger partial charge in [0, 0.05) is 24.8 Å². The van der Waals surface area contributed by atoms with Gasteiger partial charge in [-0.15, -0.1) is 0 Å². The van der Waals surface area contributed by atoms with Crippen molar-refractivity contribution in [2.75, 3.05) is 13.1 Å². The van der Waals surface area contributed by atoms with Crippen LogP contribution < -0.4 is 0 Å². The Kier molecular flexibility index (Phi) is 3.30. The number of rotatable bonds is 3. The molecule has 4 rings (SSSR count). The summed E-state index contributed by atoms with van der Waals surface area (Å²) in [4.78, 5) is 11.4. The zero-order chi connectivity index (χ0) is 14.2. The quantitative estimate of drug-likeness (QED) is 0.870. The van der Waals surface area contributed by atoms with Crippen LogP contribution in [0.2, 0.25) is 0 Å². The van der Waals surface area contributed by atoms with Gasteiger partial charge in [0.25, 0.3) is 0 Å². The molecule has 0 N–H and O–H groups in total. The number of fused-ring (bicyclic) bond motifs is 1. The van der Waals surface area contributed by atoms with E-state index in [4.69, 9.17) is 4.42 Å². The van der Waals surface area contributed by atoms with Gasteiger partial charge in [0.1, 0.15) is 5.76 Å². The summed E-state index contributed by atoms with van der Waals surface area (Å²) in [5, 5.41) is 0. The molecule has 0 bridgehead atoms. The molecule has 0 unspecified atom stereocenters. The van der Waals surface area contributed by atoms with E-state index in [-0.39, 0.29) is 0 Å². The van der Waals surface area contributed by atoms with Gasteiger partial charge in [-0.05, 0) is 39.0 Å². The number of likely N-dealkylation sites (tertiary alicyclic amines) is 1. The van der Waals surface area contributed by atoms with Gasteiger partial charge in [0.05, 0.1) is 24.8 Å². The first-order valence-corrected chi connectivity index (χ1v) is 7.98. The molecule has 5 nitrogen and oxygen atoms in total. The summed E-state index contributed by atoms with van der Waals surface area (Å²) in [6.07, 6.45) is 10.0. The van der Waals surface area contributed by atoms with E-state index >= 15 is 0 Å². The molecule has 0 spiro atoms. The predicted molar refractivity (Wildman–Crippen MR) is 79.0 cm³/mol. The second-order valence-electron chi connectivity index (χ2n) is 6.29. The van der Waals surface area contributed by atoms with Crippen LogP contribution in [-0.2, 0) is 19.4 Å². The number of hydrogen-bond donors (Lipinski definition) is 0. The molecule has 0 aromatic carbocycles. The van der Waals surface area contributed by atoms with E-state index in [9.17, 15) is 0 Å². The Balaban J connectivity index is 1.45. The maximum Gasteiger partial charge on any atom is 0.208 e. The lowest BCUT2D eigenvalue weighted by Gasteiger charge is -2.19. The highest BCUT2D eigenvalue weighted by atomic mass is 16.4. The molecule has 5 heteroatoms. The smallest absolute Gasteiger partial charge is 0.208 e. The van der Waals surface area contributed by atoms with Gasteiger partial charge >= 0.3 is 0 Å². The minimum absolute atomic E-state index is 0.565. The van der Waals surface area contributed by atoms with Crippen molar-refractivity contribution in [2.45, 2.75) is 51.6 Å². The molecule has 1 fully saturated rings. The van der Waals surface area contributed by atoms with Crippen LogP contribution in [0.25, 0.3) is 0 Å². The van der Waals surface area contributed by atoms with Gasteiger partial charge in [-0.3, -0.25) is 4.90 Å². The third-order valence-corrected chi connectivity index (χ3v) is 4.73. The molecule has 3 heterocycles. The monoisotopic (exact) mass is 286 g/mol. The van der Waals surface area contributed by atoms with Crippen LogP contribution in [0.1, 0.15) is 48.3 Å². The van der Waals surface area contributed by atoms with Crippen molar-refractivity contribution in [3.05, 3.63) is 35.6 Å². The van der Waals surface area contributed by atoms with Gasteiger partial charge in [-0.1, -0.05) is 0 Å². The van der Waals surface area contributed by atoms with Gasteiger partial charge in [-0.2, -0.15) is 0 Å². The maximum absolute atomic E-state index is 5.59. The van der Waals surface area contributed by atoms with E-state index in [1.165, 1.54) is 37.1 Å².